The molecule has 1 unspecified atom stereocenters. The molecule has 1 atom stereocenters. The molecule has 1 amide bonds. The maximum Gasteiger partial charge on any atom is 0.221 e. The summed E-state index contributed by atoms with van der Waals surface area (Å²) in [7, 11) is 1.70. The second-order valence-electron chi connectivity index (χ2n) is 7.62. The minimum Gasteiger partial charge on any atom is -0.366 e. The number of carbonyl (C=O) groups is 1. The number of allylic oxidation sites excluding steroid dienone is 2. The van der Waals surface area contributed by atoms with E-state index >= 15 is 0 Å². The van der Waals surface area contributed by atoms with Gasteiger partial charge in [0.25, 0.3) is 0 Å². The summed E-state index contributed by atoms with van der Waals surface area (Å²) >= 11 is 1.93. The van der Waals surface area contributed by atoms with Gasteiger partial charge in [0.15, 0.2) is 0 Å². The number of nitrogens with one attached hydrogen (secondary N) is 1. The van der Waals surface area contributed by atoms with E-state index in [9.17, 15) is 4.79 Å². The van der Waals surface area contributed by atoms with Gasteiger partial charge in [-0.2, -0.15) is 0 Å². The first kappa shape index (κ1) is 19.9. The first-order chi connectivity index (χ1) is 13.0. The number of fused-ring (bicyclic) bond motifs is 1. The van der Waals surface area contributed by atoms with Crippen LogP contribution in [0.1, 0.15) is 32.8 Å². The number of nitrogens with zero attached hydrogens (tertiary/aromatic N) is 2. The van der Waals surface area contributed by atoms with Crippen LogP contribution in [0.25, 0.3) is 0 Å². The fourth-order valence-electron chi connectivity index (χ4n) is 4.09. The Bertz CT molecular complexity index is 741. The number of anilines is 1. The van der Waals surface area contributed by atoms with Gasteiger partial charge in [-0.15, -0.1) is 11.8 Å². The van der Waals surface area contributed by atoms with Crippen molar-refractivity contribution in [1.29, 1.82) is 0 Å². The molecule has 0 bridgehead atoms. The van der Waals surface area contributed by atoms with E-state index in [0.717, 1.165) is 19.6 Å². The molecule has 0 spiro atoms. The van der Waals surface area contributed by atoms with Crippen molar-refractivity contribution in [3.63, 3.8) is 0 Å². The molecule has 2 heterocycles. The second kappa shape index (κ2) is 8.42. The quantitative estimate of drug-likeness (QED) is 0.809. The van der Waals surface area contributed by atoms with E-state index in [1.165, 1.54) is 22.0 Å². The van der Waals surface area contributed by atoms with Gasteiger partial charge in [-0.05, 0) is 24.6 Å². The summed E-state index contributed by atoms with van der Waals surface area (Å²) in [5.74, 6) is 1.26. The molecule has 0 saturated carbocycles. The number of thioether (sulfide) groups is 1. The zero-order valence-electron chi connectivity index (χ0n) is 16.9. The second-order valence-corrected chi connectivity index (χ2v) is 8.73. The van der Waals surface area contributed by atoms with Crippen molar-refractivity contribution < 1.29 is 4.79 Å². The third-order valence-corrected chi connectivity index (χ3v) is 6.75. The van der Waals surface area contributed by atoms with Crippen molar-refractivity contribution in [3.8, 4) is 0 Å². The first-order valence-corrected chi connectivity index (χ1v) is 10.8. The Morgan fingerprint density at radius 2 is 2.15 bits per heavy atom. The fourth-order valence-corrected chi connectivity index (χ4v) is 5.19. The van der Waals surface area contributed by atoms with Gasteiger partial charge in [0.2, 0.25) is 5.91 Å². The summed E-state index contributed by atoms with van der Waals surface area (Å²) in [6, 6.07) is 8.83. The van der Waals surface area contributed by atoms with Gasteiger partial charge in [0, 0.05) is 50.0 Å². The SMILES string of the molecule is CCN1CCS/C1=C\C=C\C1N(CCC(=O)NC)c2ccccc2C1(C)C. The summed E-state index contributed by atoms with van der Waals surface area (Å²) in [6.07, 6.45) is 7.27. The number of hydrogen-bond acceptors (Lipinski definition) is 4. The molecule has 0 radical (unpaired) electrons. The number of carbonyl (C=O) groups excluding carboxylic acids is 1. The van der Waals surface area contributed by atoms with E-state index in [2.05, 4.69) is 78.4 Å². The van der Waals surface area contributed by atoms with E-state index in [1.807, 2.05) is 11.8 Å². The molecule has 2 aliphatic rings. The van der Waals surface area contributed by atoms with E-state index < -0.39 is 0 Å². The monoisotopic (exact) mass is 385 g/mol. The molecule has 2 aliphatic heterocycles. The average molecular weight is 386 g/mol. The van der Waals surface area contributed by atoms with E-state index in [-0.39, 0.29) is 17.4 Å². The van der Waals surface area contributed by atoms with Gasteiger partial charge >= 0.3 is 0 Å². The Morgan fingerprint density at radius 1 is 1.37 bits per heavy atom. The molecule has 5 heteroatoms. The molecule has 146 valence electrons. The Kier molecular flexibility index (Phi) is 6.20. The van der Waals surface area contributed by atoms with Gasteiger partial charge in [-0.3, -0.25) is 4.79 Å². The Labute approximate surface area is 167 Å². The maximum absolute atomic E-state index is 11.8. The van der Waals surface area contributed by atoms with Crippen molar-refractivity contribution in [2.24, 2.45) is 0 Å². The zero-order chi connectivity index (χ0) is 19.4. The largest absolute Gasteiger partial charge is 0.366 e. The topological polar surface area (TPSA) is 35.6 Å². The van der Waals surface area contributed by atoms with E-state index in [4.69, 9.17) is 0 Å². The molecule has 0 aliphatic carbocycles. The van der Waals surface area contributed by atoms with Crippen LogP contribution in [0.15, 0.2) is 47.5 Å². The maximum atomic E-state index is 11.8. The fraction of sp³-hybridized carbons (Fsp3) is 0.500. The number of amides is 1. The Balaban J connectivity index is 1.85. The number of para-hydroxylation sites is 1. The van der Waals surface area contributed by atoms with Gasteiger partial charge in [-0.1, -0.05) is 44.2 Å². The molecular formula is C22H31N3OS. The number of hydrogen-bond donors (Lipinski definition) is 1. The van der Waals surface area contributed by atoms with Crippen LogP contribution in [0, 0.1) is 0 Å². The minimum atomic E-state index is 0.00154. The van der Waals surface area contributed by atoms with Gasteiger partial charge in [0.1, 0.15) is 0 Å². The van der Waals surface area contributed by atoms with Crippen LogP contribution in [0.5, 0.6) is 0 Å². The highest BCUT2D eigenvalue weighted by atomic mass is 32.2. The summed E-state index contributed by atoms with van der Waals surface area (Å²) in [5.41, 5.74) is 2.61. The lowest BCUT2D eigenvalue weighted by atomic mass is 9.80. The third-order valence-electron chi connectivity index (χ3n) is 5.68. The predicted molar refractivity (Wildman–Crippen MR) is 116 cm³/mol. The molecule has 27 heavy (non-hydrogen) atoms. The van der Waals surface area contributed by atoms with Crippen molar-refractivity contribution >= 4 is 23.4 Å². The van der Waals surface area contributed by atoms with E-state index in [0.29, 0.717) is 6.42 Å². The molecule has 3 rings (SSSR count). The van der Waals surface area contributed by atoms with Crippen molar-refractivity contribution in [2.75, 3.05) is 37.3 Å². The van der Waals surface area contributed by atoms with Crippen LogP contribution in [0.3, 0.4) is 0 Å². The van der Waals surface area contributed by atoms with Gasteiger partial charge in [0.05, 0.1) is 11.1 Å². The Morgan fingerprint density at radius 3 is 2.89 bits per heavy atom. The molecule has 1 aromatic carbocycles. The van der Waals surface area contributed by atoms with Gasteiger partial charge < -0.3 is 15.1 Å². The highest BCUT2D eigenvalue weighted by Gasteiger charge is 2.42. The molecule has 1 fully saturated rings. The van der Waals surface area contributed by atoms with Crippen molar-refractivity contribution in [2.45, 2.75) is 38.6 Å². The van der Waals surface area contributed by atoms with Crippen LogP contribution >= 0.6 is 11.8 Å². The van der Waals surface area contributed by atoms with Crippen LogP contribution in [0.4, 0.5) is 5.69 Å². The molecule has 4 nitrogen and oxygen atoms in total. The summed E-state index contributed by atoms with van der Waals surface area (Å²) < 4.78 is 0. The lowest BCUT2D eigenvalue weighted by Gasteiger charge is -2.32. The minimum absolute atomic E-state index is 0.00154. The van der Waals surface area contributed by atoms with Crippen molar-refractivity contribution in [1.82, 2.24) is 10.2 Å². The average Bonchev–Trinajstić information content (AvgIpc) is 3.21. The lowest BCUT2D eigenvalue weighted by molar-refractivity contribution is -0.120. The summed E-state index contributed by atoms with van der Waals surface area (Å²) in [4.78, 5) is 16.6. The lowest BCUT2D eigenvalue weighted by Crippen LogP contribution is -2.41. The van der Waals surface area contributed by atoms with Gasteiger partial charge in [-0.25, -0.2) is 0 Å². The summed E-state index contributed by atoms with van der Waals surface area (Å²) in [6.45, 7) is 9.74. The number of rotatable bonds is 6. The molecule has 0 aromatic heterocycles. The molecular weight excluding hydrogens is 354 g/mol. The first-order valence-electron chi connectivity index (χ1n) is 9.82. The van der Waals surface area contributed by atoms with Crippen LogP contribution < -0.4 is 10.2 Å². The Hall–Kier alpha value is -1.88. The highest BCUT2D eigenvalue weighted by Crippen LogP contribution is 2.45. The standard InChI is InChI=1S/C22H31N3OS/c1-5-24-15-16-27-21(24)12-8-11-19-22(2,3)17-9-6-7-10-18(17)25(19)14-13-20(26)23-4/h6-12,19H,5,13-16H2,1-4H3,(H,23,26)/b11-8+,21-12-. The molecule has 1 saturated heterocycles. The smallest absolute Gasteiger partial charge is 0.221 e. The zero-order valence-corrected chi connectivity index (χ0v) is 17.7. The molecule has 1 N–H and O–H groups in total. The van der Waals surface area contributed by atoms with E-state index in [1.54, 1.807) is 7.05 Å². The predicted octanol–water partition coefficient (Wildman–Crippen LogP) is 3.76. The molecule has 1 aromatic rings. The van der Waals surface area contributed by atoms with Crippen LogP contribution in [-0.2, 0) is 10.2 Å². The highest BCUT2D eigenvalue weighted by molar-refractivity contribution is 8.03. The number of benzene rings is 1. The van der Waals surface area contributed by atoms with Crippen LogP contribution in [-0.4, -0.2) is 49.3 Å². The van der Waals surface area contributed by atoms with Crippen LogP contribution in [0.2, 0.25) is 0 Å². The third kappa shape index (κ3) is 4.03. The van der Waals surface area contributed by atoms with Crippen molar-refractivity contribution in [3.05, 3.63) is 53.1 Å². The summed E-state index contributed by atoms with van der Waals surface area (Å²) in [5, 5.41) is 4.10. The normalized spacial score (nSPS) is 22.7.